The Balaban J connectivity index is 1.77. The molecule has 0 radical (unpaired) electrons. The number of ether oxygens (including phenoxy) is 1. The molecular formula is C22H27N3O. The first-order valence-electron chi connectivity index (χ1n) is 9.53. The molecule has 3 aromatic rings. The van der Waals surface area contributed by atoms with Crippen LogP contribution in [0.1, 0.15) is 30.8 Å². The van der Waals surface area contributed by atoms with Gasteiger partial charge in [-0.15, -0.1) is 0 Å². The van der Waals surface area contributed by atoms with Gasteiger partial charge in [0.05, 0.1) is 7.11 Å². The van der Waals surface area contributed by atoms with Crippen LogP contribution in [-0.4, -0.2) is 34.1 Å². The minimum atomic E-state index is 0.576. The highest BCUT2D eigenvalue weighted by Crippen LogP contribution is 2.35. The highest BCUT2D eigenvalue weighted by molar-refractivity contribution is 5.87. The lowest BCUT2D eigenvalue weighted by Crippen LogP contribution is -2.38. The Kier molecular flexibility index (Phi) is 4.68. The molecular weight excluding hydrogens is 322 g/mol. The molecule has 136 valence electrons. The Hall–Kier alpha value is -2.33. The molecule has 1 atom stereocenters. The van der Waals surface area contributed by atoms with E-state index < -0.39 is 0 Å². The van der Waals surface area contributed by atoms with Gasteiger partial charge in [-0.05, 0) is 49.4 Å². The maximum atomic E-state index is 5.49. The highest BCUT2D eigenvalue weighted by Gasteiger charge is 2.27. The Morgan fingerprint density at radius 3 is 2.85 bits per heavy atom. The first kappa shape index (κ1) is 17.1. The zero-order valence-corrected chi connectivity index (χ0v) is 15.9. The summed E-state index contributed by atoms with van der Waals surface area (Å²) in [6.45, 7) is 7.67. The molecule has 1 aliphatic rings. The number of pyridine rings is 1. The Bertz CT molecular complexity index is 901. The molecule has 0 saturated heterocycles. The van der Waals surface area contributed by atoms with Crippen LogP contribution in [-0.2, 0) is 25.9 Å². The standard InChI is InChI=1S/C22H27N3O/c1-4-24-15-20-19-14-18(26-3)8-9-21(19)25(22(20)13-16(24)2)12-10-17-7-5-6-11-23-17/h5-9,11,14,16H,4,10,12-13,15H2,1-3H3. The molecule has 1 aromatic carbocycles. The van der Waals surface area contributed by atoms with Crippen molar-refractivity contribution < 1.29 is 4.74 Å². The summed E-state index contributed by atoms with van der Waals surface area (Å²) in [5.41, 5.74) is 5.42. The molecule has 1 unspecified atom stereocenters. The van der Waals surface area contributed by atoms with Crippen LogP contribution in [0.4, 0.5) is 0 Å². The van der Waals surface area contributed by atoms with Crippen LogP contribution < -0.4 is 4.74 Å². The maximum Gasteiger partial charge on any atom is 0.119 e. The molecule has 0 N–H and O–H groups in total. The Morgan fingerprint density at radius 1 is 1.23 bits per heavy atom. The lowest BCUT2D eigenvalue weighted by molar-refractivity contribution is 0.192. The fraction of sp³-hybridized carbons (Fsp3) is 0.409. The summed E-state index contributed by atoms with van der Waals surface area (Å²) in [6.07, 6.45) is 3.93. The van der Waals surface area contributed by atoms with E-state index in [4.69, 9.17) is 4.74 Å². The van der Waals surface area contributed by atoms with Crippen LogP contribution in [0.15, 0.2) is 42.6 Å². The molecule has 0 bridgehead atoms. The number of fused-ring (bicyclic) bond motifs is 3. The third-order valence-electron chi connectivity index (χ3n) is 5.69. The zero-order valence-electron chi connectivity index (χ0n) is 15.9. The largest absolute Gasteiger partial charge is 0.497 e. The maximum absolute atomic E-state index is 5.49. The average Bonchev–Trinajstić information content (AvgIpc) is 2.98. The summed E-state index contributed by atoms with van der Waals surface area (Å²) in [4.78, 5) is 7.06. The van der Waals surface area contributed by atoms with E-state index in [1.54, 1.807) is 7.11 Å². The summed E-state index contributed by atoms with van der Waals surface area (Å²) in [5.74, 6) is 0.934. The van der Waals surface area contributed by atoms with Crippen LogP contribution in [0.5, 0.6) is 5.75 Å². The summed E-state index contributed by atoms with van der Waals surface area (Å²) < 4.78 is 8.01. The molecule has 4 nitrogen and oxygen atoms in total. The second kappa shape index (κ2) is 7.12. The molecule has 2 aromatic heterocycles. The molecule has 0 fully saturated rings. The van der Waals surface area contributed by atoms with Crippen molar-refractivity contribution in [2.24, 2.45) is 0 Å². The first-order chi connectivity index (χ1) is 12.7. The third kappa shape index (κ3) is 2.99. The summed E-state index contributed by atoms with van der Waals surface area (Å²) in [7, 11) is 1.74. The second-order valence-corrected chi connectivity index (χ2v) is 7.15. The first-order valence-corrected chi connectivity index (χ1v) is 9.53. The number of methoxy groups -OCH3 is 1. The fourth-order valence-electron chi connectivity index (χ4n) is 4.21. The molecule has 0 aliphatic carbocycles. The number of hydrogen-bond acceptors (Lipinski definition) is 3. The summed E-state index contributed by atoms with van der Waals surface area (Å²) in [5, 5.41) is 1.34. The van der Waals surface area contributed by atoms with Crippen molar-refractivity contribution >= 4 is 10.9 Å². The van der Waals surface area contributed by atoms with E-state index in [1.807, 2.05) is 12.3 Å². The van der Waals surface area contributed by atoms with Crippen molar-refractivity contribution in [3.63, 3.8) is 0 Å². The molecule has 0 spiro atoms. The lowest BCUT2D eigenvalue weighted by Gasteiger charge is -2.33. The number of aromatic nitrogens is 2. The fourth-order valence-corrected chi connectivity index (χ4v) is 4.21. The van der Waals surface area contributed by atoms with E-state index in [0.717, 1.165) is 43.9 Å². The minimum absolute atomic E-state index is 0.576. The number of benzene rings is 1. The van der Waals surface area contributed by atoms with Crippen molar-refractivity contribution in [1.29, 1.82) is 0 Å². The smallest absolute Gasteiger partial charge is 0.119 e. The van der Waals surface area contributed by atoms with E-state index >= 15 is 0 Å². The lowest BCUT2D eigenvalue weighted by atomic mass is 9.99. The predicted molar refractivity (Wildman–Crippen MR) is 106 cm³/mol. The number of aryl methyl sites for hydroxylation is 2. The van der Waals surface area contributed by atoms with E-state index in [1.165, 1.54) is 22.2 Å². The van der Waals surface area contributed by atoms with Gasteiger partial charge >= 0.3 is 0 Å². The molecule has 0 amide bonds. The monoisotopic (exact) mass is 349 g/mol. The highest BCUT2D eigenvalue weighted by atomic mass is 16.5. The van der Waals surface area contributed by atoms with Gasteiger partial charge in [-0.1, -0.05) is 13.0 Å². The molecule has 1 aliphatic heterocycles. The van der Waals surface area contributed by atoms with Crippen LogP contribution in [0.2, 0.25) is 0 Å². The Labute approximate surface area is 155 Å². The molecule has 26 heavy (non-hydrogen) atoms. The van der Waals surface area contributed by atoms with Gasteiger partial charge in [-0.25, -0.2) is 0 Å². The zero-order chi connectivity index (χ0) is 18.1. The van der Waals surface area contributed by atoms with Crippen LogP contribution in [0.25, 0.3) is 10.9 Å². The second-order valence-electron chi connectivity index (χ2n) is 7.15. The van der Waals surface area contributed by atoms with E-state index in [0.29, 0.717) is 6.04 Å². The van der Waals surface area contributed by atoms with Gasteiger partial charge in [0.15, 0.2) is 0 Å². The number of hydrogen-bond donors (Lipinski definition) is 0. The average molecular weight is 349 g/mol. The van der Waals surface area contributed by atoms with Crippen molar-refractivity contribution in [3.8, 4) is 5.75 Å². The van der Waals surface area contributed by atoms with Crippen molar-refractivity contribution in [2.45, 2.75) is 45.8 Å². The quantitative estimate of drug-likeness (QED) is 0.696. The summed E-state index contributed by atoms with van der Waals surface area (Å²) >= 11 is 0. The molecule has 4 heteroatoms. The SMILES string of the molecule is CCN1Cc2c(n(CCc3ccccn3)c3ccc(OC)cc23)CC1C. The van der Waals surface area contributed by atoms with Gasteiger partial charge in [-0.3, -0.25) is 9.88 Å². The van der Waals surface area contributed by atoms with Crippen LogP contribution in [0.3, 0.4) is 0 Å². The predicted octanol–water partition coefficient (Wildman–Crippen LogP) is 4.05. The summed E-state index contributed by atoms with van der Waals surface area (Å²) in [6, 6.07) is 13.2. The molecule has 4 rings (SSSR count). The minimum Gasteiger partial charge on any atom is -0.497 e. The topological polar surface area (TPSA) is 30.3 Å². The van der Waals surface area contributed by atoms with Gasteiger partial charge in [0.1, 0.15) is 5.75 Å². The van der Waals surface area contributed by atoms with Gasteiger partial charge in [0, 0.05) is 60.5 Å². The van der Waals surface area contributed by atoms with Gasteiger partial charge in [0.25, 0.3) is 0 Å². The van der Waals surface area contributed by atoms with Crippen LogP contribution >= 0.6 is 0 Å². The van der Waals surface area contributed by atoms with Gasteiger partial charge in [0.2, 0.25) is 0 Å². The third-order valence-corrected chi connectivity index (χ3v) is 5.69. The van der Waals surface area contributed by atoms with E-state index in [2.05, 4.69) is 58.6 Å². The van der Waals surface area contributed by atoms with Crippen molar-refractivity contribution in [2.75, 3.05) is 13.7 Å². The van der Waals surface area contributed by atoms with Crippen molar-refractivity contribution in [3.05, 3.63) is 59.5 Å². The number of nitrogens with zero attached hydrogens (tertiary/aromatic N) is 3. The van der Waals surface area contributed by atoms with Crippen molar-refractivity contribution in [1.82, 2.24) is 14.5 Å². The number of likely N-dealkylation sites (N-methyl/N-ethyl adjacent to an activating group) is 1. The molecule has 3 heterocycles. The van der Waals surface area contributed by atoms with Crippen LogP contribution in [0, 0.1) is 0 Å². The van der Waals surface area contributed by atoms with Gasteiger partial charge in [-0.2, -0.15) is 0 Å². The normalized spacial score (nSPS) is 17.4. The molecule has 0 saturated carbocycles. The Morgan fingerprint density at radius 2 is 2.12 bits per heavy atom. The van der Waals surface area contributed by atoms with E-state index in [9.17, 15) is 0 Å². The van der Waals surface area contributed by atoms with Gasteiger partial charge < -0.3 is 9.30 Å². The number of rotatable bonds is 5. The van der Waals surface area contributed by atoms with E-state index in [-0.39, 0.29) is 0 Å².